The molecule has 19 heavy (non-hydrogen) atoms. The van der Waals surface area contributed by atoms with E-state index < -0.39 is 0 Å². The zero-order chi connectivity index (χ0) is 13.3. The molecule has 0 N–H and O–H groups in total. The SMILES string of the molecule is Cc1ccc(OC2CCOC3(CCSC3)C2)cc1F. The zero-order valence-electron chi connectivity index (χ0n) is 11.2. The first-order valence-corrected chi connectivity index (χ1v) is 7.97. The van der Waals surface area contributed by atoms with Crippen molar-refractivity contribution in [2.45, 2.75) is 37.9 Å². The van der Waals surface area contributed by atoms with Crippen LogP contribution >= 0.6 is 11.8 Å². The van der Waals surface area contributed by atoms with Gasteiger partial charge in [0.15, 0.2) is 0 Å². The Morgan fingerprint density at radius 2 is 2.37 bits per heavy atom. The zero-order valence-corrected chi connectivity index (χ0v) is 12.0. The lowest BCUT2D eigenvalue weighted by Crippen LogP contribution is -2.43. The molecule has 0 bridgehead atoms. The predicted molar refractivity (Wildman–Crippen MR) is 75.4 cm³/mol. The molecule has 2 nitrogen and oxygen atoms in total. The molecular weight excluding hydrogens is 263 g/mol. The molecule has 1 aromatic carbocycles. The van der Waals surface area contributed by atoms with E-state index in [0.717, 1.165) is 31.6 Å². The van der Waals surface area contributed by atoms with E-state index in [2.05, 4.69) is 0 Å². The van der Waals surface area contributed by atoms with Gasteiger partial charge in [0.2, 0.25) is 0 Å². The summed E-state index contributed by atoms with van der Waals surface area (Å²) in [4.78, 5) is 0. The van der Waals surface area contributed by atoms with E-state index in [1.807, 2.05) is 17.8 Å². The van der Waals surface area contributed by atoms with Gasteiger partial charge in [-0.15, -0.1) is 0 Å². The molecule has 0 saturated carbocycles. The van der Waals surface area contributed by atoms with Crippen molar-refractivity contribution in [3.8, 4) is 5.75 Å². The summed E-state index contributed by atoms with van der Waals surface area (Å²) >= 11 is 1.95. The monoisotopic (exact) mass is 282 g/mol. The van der Waals surface area contributed by atoms with E-state index in [4.69, 9.17) is 9.47 Å². The minimum atomic E-state index is -0.198. The molecule has 2 saturated heterocycles. The average molecular weight is 282 g/mol. The Bertz CT molecular complexity index is 457. The summed E-state index contributed by atoms with van der Waals surface area (Å²) in [5.41, 5.74) is 0.666. The van der Waals surface area contributed by atoms with Crippen LogP contribution in [0.1, 0.15) is 24.8 Å². The Labute approximate surface area is 117 Å². The number of rotatable bonds is 2. The van der Waals surface area contributed by atoms with Crippen LogP contribution in [0, 0.1) is 12.7 Å². The van der Waals surface area contributed by atoms with Crippen LogP contribution in [0.5, 0.6) is 5.75 Å². The third-order valence-electron chi connectivity index (χ3n) is 3.96. The maximum Gasteiger partial charge on any atom is 0.129 e. The van der Waals surface area contributed by atoms with Gasteiger partial charge in [-0.2, -0.15) is 11.8 Å². The van der Waals surface area contributed by atoms with Gasteiger partial charge < -0.3 is 9.47 Å². The second kappa shape index (κ2) is 5.33. The second-order valence-electron chi connectivity index (χ2n) is 5.48. The minimum Gasteiger partial charge on any atom is -0.490 e. The van der Waals surface area contributed by atoms with Crippen LogP contribution in [0.25, 0.3) is 0 Å². The highest BCUT2D eigenvalue weighted by atomic mass is 32.2. The van der Waals surface area contributed by atoms with E-state index >= 15 is 0 Å². The van der Waals surface area contributed by atoms with Crippen molar-refractivity contribution in [3.63, 3.8) is 0 Å². The number of benzene rings is 1. The number of hydrogen-bond donors (Lipinski definition) is 0. The number of ether oxygens (including phenoxy) is 2. The van der Waals surface area contributed by atoms with Gasteiger partial charge in [-0.25, -0.2) is 4.39 Å². The Hall–Kier alpha value is -0.740. The van der Waals surface area contributed by atoms with Gasteiger partial charge in [-0.3, -0.25) is 0 Å². The normalized spacial score (nSPS) is 30.7. The highest BCUT2D eigenvalue weighted by molar-refractivity contribution is 7.99. The number of hydrogen-bond acceptors (Lipinski definition) is 3. The van der Waals surface area contributed by atoms with Crippen LogP contribution in [-0.4, -0.2) is 29.8 Å². The summed E-state index contributed by atoms with van der Waals surface area (Å²) in [6.07, 6.45) is 3.08. The molecular formula is C15H19FO2S. The molecule has 0 amide bonds. The van der Waals surface area contributed by atoms with Crippen LogP contribution in [-0.2, 0) is 4.74 Å². The van der Waals surface area contributed by atoms with E-state index in [0.29, 0.717) is 11.3 Å². The maximum atomic E-state index is 13.5. The van der Waals surface area contributed by atoms with Gasteiger partial charge in [0, 0.05) is 24.7 Å². The summed E-state index contributed by atoms with van der Waals surface area (Å²) in [6, 6.07) is 5.11. The molecule has 3 rings (SSSR count). The molecule has 0 aromatic heterocycles. The molecule has 2 aliphatic heterocycles. The first-order valence-electron chi connectivity index (χ1n) is 6.81. The minimum absolute atomic E-state index is 0.0107. The molecule has 0 aliphatic carbocycles. The van der Waals surface area contributed by atoms with Crippen molar-refractivity contribution < 1.29 is 13.9 Å². The van der Waals surface area contributed by atoms with Crippen LogP contribution in [0.3, 0.4) is 0 Å². The fraction of sp³-hybridized carbons (Fsp3) is 0.600. The molecule has 4 heteroatoms. The number of halogens is 1. The molecule has 2 aliphatic rings. The van der Waals surface area contributed by atoms with Crippen molar-refractivity contribution in [2.75, 3.05) is 18.1 Å². The lowest BCUT2D eigenvalue weighted by molar-refractivity contribution is -0.0959. The fourth-order valence-corrected chi connectivity index (χ4v) is 4.16. The van der Waals surface area contributed by atoms with Gasteiger partial charge in [0.25, 0.3) is 0 Å². The third kappa shape index (κ3) is 2.90. The standard InChI is InChI=1S/C15H19FO2S/c1-11-2-3-12(8-14(11)16)18-13-4-6-17-15(9-13)5-7-19-10-15/h2-3,8,13H,4-7,9-10H2,1H3. The van der Waals surface area contributed by atoms with Crippen LogP contribution in [0.4, 0.5) is 4.39 Å². The molecule has 0 radical (unpaired) electrons. The quantitative estimate of drug-likeness (QED) is 0.826. The molecule has 2 heterocycles. The Kier molecular flexibility index (Phi) is 3.72. The van der Waals surface area contributed by atoms with E-state index in [1.54, 1.807) is 13.0 Å². The molecule has 2 fully saturated rings. The summed E-state index contributed by atoms with van der Waals surface area (Å²) in [7, 11) is 0. The maximum absolute atomic E-state index is 13.5. The number of aryl methyl sites for hydroxylation is 1. The van der Waals surface area contributed by atoms with Crippen molar-refractivity contribution >= 4 is 11.8 Å². The smallest absolute Gasteiger partial charge is 0.129 e. The third-order valence-corrected chi connectivity index (χ3v) is 5.18. The molecule has 2 unspecified atom stereocenters. The summed E-state index contributed by atoms with van der Waals surface area (Å²) in [6.45, 7) is 2.51. The van der Waals surface area contributed by atoms with Gasteiger partial charge in [-0.05, 0) is 30.7 Å². The highest BCUT2D eigenvalue weighted by Crippen LogP contribution is 2.39. The van der Waals surface area contributed by atoms with E-state index in [1.165, 1.54) is 11.8 Å². The van der Waals surface area contributed by atoms with Crippen LogP contribution in [0.15, 0.2) is 18.2 Å². The Balaban J connectivity index is 1.67. The van der Waals surface area contributed by atoms with Crippen molar-refractivity contribution in [3.05, 3.63) is 29.6 Å². The second-order valence-corrected chi connectivity index (χ2v) is 6.58. The van der Waals surface area contributed by atoms with Crippen LogP contribution in [0.2, 0.25) is 0 Å². The summed E-state index contributed by atoms with van der Waals surface area (Å²) < 4.78 is 25.4. The first-order chi connectivity index (χ1) is 9.17. The van der Waals surface area contributed by atoms with E-state index in [-0.39, 0.29) is 17.5 Å². The summed E-state index contributed by atoms with van der Waals surface area (Å²) in [5.74, 6) is 2.67. The number of thioether (sulfide) groups is 1. The predicted octanol–water partition coefficient (Wildman–Crippen LogP) is 3.57. The first kappa shape index (κ1) is 13.3. The lowest BCUT2D eigenvalue weighted by Gasteiger charge is -2.37. The van der Waals surface area contributed by atoms with Gasteiger partial charge in [-0.1, -0.05) is 6.07 Å². The fourth-order valence-electron chi connectivity index (χ4n) is 2.79. The van der Waals surface area contributed by atoms with Gasteiger partial charge >= 0.3 is 0 Å². The van der Waals surface area contributed by atoms with Crippen molar-refractivity contribution in [2.24, 2.45) is 0 Å². The van der Waals surface area contributed by atoms with Crippen molar-refractivity contribution in [1.29, 1.82) is 0 Å². The van der Waals surface area contributed by atoms with Crippen molar-refractivity contribution in [1.82, 2.24) is 0 Å². The Morgan fingerprint density at radius 3 is 3.11 bits per heavy atom. The average Bonchev–Trinajstić information content (AvgIpc) is 2.82. The van der Waals surface area contributed by atoms with Crippen LogP contribution < -0.4 is 4.74 Å². The lowest BCUT2D eigenvalue weighted by atomic mass is 9.91. The summed E-state index contributed by atoms with van der Waals surface area (Å²) in [5, 5.41) is 0. The molecule has 2 atom stereocenters. The molecule has 1 aromatic rings. The Morgan fingerprint density at radius 1 is 1.47 bits per heavy atom. The van der Waals surface area contributed by atoms with Gasteiger partial charge in [0.1, 0.15) is 17.7 Å². The molecule has 1 spiro atoms. The topological polar surface area (TPSA) is 18.5 Å². The molecule has 104 valence electrons. The van der Waals surface area contributed by atoms with E-state index in [9.17, 15) is 4.39 Å². The highest BCUT2D eigenvalue weighted by Gasteiger charge is 2.41. The largest absolute Gasteiger partial charge is 0.490 e. The van der Waals surface area contributed by atoms with Gasteiger partial charge in [0.05, 0.1) is 12.2 Å².